The van der Waals surface area contributed by atoms with E-state index in [2.05, 4.69) is 0 Å². The van der Waals surface area contributed by atoms with Gasteiger partial charge in [-0.1, -0.05) is 65.1 Å². The zero-order valence-corrected chi connectivity index (χ0v) is 11.9. The van der Waals surface area contributed by atoms with Crippen molar-refractivity contribution >= 4 is 40.7 Å². The summed E-state index contributed by atoms with van der Waals surface area (Å²) in [6.45, 7) is 2.45. The third-order valence-electron chi connectivity index (χ3n) is 2.75. The maximum Gasteiger partial charge on any atom is 0.265 e. The molecule has 2 rings (SSSR count). The SMILES string of the molecule is C[C@]1([C@@H](OC(=N)C(Cl)(Cl)Cl)c2ccccc2)CO1. The molecule has 0 bridgehead atoms. The maximum absolute atomic E-state index is 7.65. The van der Waals surface area contributed by atoms with E-state index in [0.717, 1.165) is 5.56 Å². The Morgan fingerprint density at radius 1 is 1.39 bits per heavy atom. The van der Waals surface area contributed by atoms with Crippen LogP contribution in [0.15, 0.2) is 30.3 Å². The van der Waals surface area contributed by atoms with E-state index < -0.39 is 21.4 Å². The van der Waals surface area contributed by atoms with Gasteiger partial charge < -0.3 is 9.47 Å². The van der Waals surface area contributed by atoms with Crippen LogP contribution in [-0.4, -0.2) is 21.9 Å². The first-order valence-electron chi connectivity index (χ1n) is 5.34. The van der Waals surface area contributed by atoms with Crippen LogP contribution in [0.1, 0.15) is 18.6 Å². The van der Waals surface area contributed by atoms with Gasteiger partial charge in [0.1, 0.15) is 5.60 Å². The summed E-state index contributed by atoms with van der Waals surface area (Å²) in [6, 6.07) is 9.45. The molecule has 98 valence electrons. The van der Waals surface area contributed by atoms with Crippen LogP contribution in [0.4, 0.5) is 0 Å². The standard InChI is InChI=1S/C12H12Cl3NO2/c1-11(7-17-11)9(8-5-3-2-4-6-8)18-10(16)12(13,14)15/h2-6,9,16H,7H2,1H3/t9-,11+/m0/s1. The molecule has 1 fully saturated rings. The van der Waals surface area contributed by atoms with Crippen LogP contribution in [0, 0.1) is 5.41 Å². The summed E-state index contributed by atoms with van der Waals surface area (Å²) in [6.07, 6.45) is -0.457. The van der Waals surface area contributed by atoms with Crippen molar-refractivity contribution in [1.29, 1.82) is 5.41 Å². The van der Waals surface area contributed by atoms with Crippen LogP contribution in [-0.2, 0) is 9.47 Å². The Bertz CT molecular complexity index is 440. The number of ether oxygens (including phenoxy) is 2. The number of alkyl halides is 3. The highest BCUT2D eigenvalue weighted by Crippen LogP contribution is 2.43. The van der Waals surface area contributed by atoms with E-state index in [1.807, 2.05) is 37.3 Å². The zero-order valence-electron chi connectivity index (χ0n) is 9.62. The van der Waals surface area contributed by atoms with Crippen LogP contribution < -0.4 is 0 Å². The van der Waals surface area contributed by atoms with Gasteiger partial charge in [0.2, 0.25) is 5.90 Å². The predicted octanol–water partition coefficient (Wildman–Crippen LogP) is 3.88. The number of nitrogens with one attached hydrogen (secondary N) is 1. The molecule has 0 amide bonds. The first-order chi connectivity index (χ1) is 8.33. The van der Waals surface area contributed by atoms with Crippen molar-refractivity contribution in [3.63, 3.8) is 0 Å². The second-order valence-corrected chi connectivity index (χ2v) is 6.62. The molecule has 18 heavy (non-hydrogen) atoms. The summed E-state index contributed by atoms with van der Waals surface area (Å²) in [5.74, 6) is -0.405. The Hall–Kier alpha value is -0.480. The van der Waals surface area contributed by atoms with Crippen LogP contribution in [0.5, 0.6) is 0 Å². The van der Waals surface area contributed by atoms with Crippen molar-refractivity contribution in [3.8, 4) is 0 Å². The lowest BCUT2D eigenvalue weighted by Gasteiger charge is -2.25. The van der Waals surface area contributed by atoms with Crippen LogP contribution in [0.3, 0.4) is 0 Å². The number of hydrogen-bond acceptors (Lipinski definition) is 3. The summed E-state index contributed by atoms with van der Waals surface area (Å²) in [5.41, 5.74) is 0.417. The van der Waals surface area contributed by atoms with E-state index >= 15 is 0 Å². The van der Waals surface area contributed by atoms with Crippen molar-refractivity contribution in [2.24, 2.45) is 0 Å². The Morgan fingerprint density at radius 3 is 2.39 bits per heavy atom. The lowest BCUT2D eigenvalue weighted by Crippen LogP contribution is -2.30. The number of hydrogen-bond donors (Lipinski definition) is 1. The minimum Gasteiger partial charge on any atom is -0.467 e. The summed E-state index contributed by atoms with van der Waals surface area (Å²) in [4.78, 5) is 0. The Labute approximate surface area is 120 Å². The smallest absolute Gasteiger partial charge is 0.265 e. The molecular formula is C12H12Cl3NO2. The van der Waals surface area contributed by atoms with Crippen molar-refractivity contribution in [2.45, 2.75) is 22.4 Å². The maximum atomic E-state index is 7.65. The first-order valence-corrected chi connectivity index (χ1v) is 6.48. The van der Waals surface area contributed by atoms with Gasteiger partial charge in [-0.05, 0) is 12.5 Å². The molecule has 0 spiro atoms. The van der Waals surface area contributed by atoms with Gasteiger partial charge in [0.05, 0.1) is 6.61 Å². The predicted molar refractivity (Wildman–Crippen MR) is 72.6 cm³/mol. The molecule has 0 aliphatic carbocycles. The molecule has 3 nitrogen and oxygen atoms in total. The fourth-order valence-corrected chi connectivity index (χ4v) is 1.76. The minimum absolute atomic E-state index is 0.405. The first kappa shape index (κ1) is 13.9. The molecule has 0 unspecified atom stereocenters. The van der Waals surface area contributed by atoms with Crippen LogP contribution in [0.25, 0.3) is 0 Å². The Kier molecular flexibility index (Phi) is 3.79. The van der Waals surface area contributed by atoms with E-state index in [9.17, 15) is 0 Å². The topological polar surface area (TPSA) is 45.6 Å². The molecule has 0 saturated carbocycles. The lowest BCUT2D eigenvalue weighted by atomic mass is 9.98. The molecule has 1 aliphatic heterocycles. The monoisotopic (exact) mass is 307 g/mol. The van der Waals surface area contributed by atoms with Gasteiger partial charge in [-0.15, -0.1) is 0 Å². The van der Waals surface area contributed by atoms with Crippen molar-refractivity contribution in [1.82, 2.24) is 0 Å². The van der Waals surface area contributed by atoms with Gasteiger partial charge in [-0.25, -0.2) is 0 Å². The summed E-state index contributed by atoms with van der Waals surface area (Å²) < 4.78 is 9.00. The minimum atomic E-state index is -1.86. The quantitative estimate of drug-likeness (QED) is 0.398. The van der Waals surface area contributed by atoms with Crippen molar-refractivity contribution in [3.05, 3.63) is 35.9 Å². The molecule has 1 aromatic rings. The zero-order chi connectivity index (χ0) is 13.4. The fourth-order valence-electron chi connectivity index (χ4n) is 1.62. The normalized spacial score (nSPS) is 24.4. The van der Waals surface area contributed by atoms with Crippen LogP contribution >= 0.6 is 34.8 Å². The highest BCUT2D eigenvalue weighted by molar-refractivity contribution is 6.76. The summed E-state index contributed by atoms with van der Waals surface area (Å²) in [5, 5.41) is 7.65. The van der Waals surface area contributed by atoms with Gasteiger partial charge in [0, 0.05) is 0 Å². The molecule has 6 heteroatoms. The van der Waals surface area contributed by atoms with E-state index in [-0.39, 0.29) is 0 Å². The highest BCUT2D eigenvalue weighted by atomic mass is 35.6. The second-order valence-electron chi connectivity index (χ2n) is 4.34. The average Bonchev–Trinajstić information content (AvgIpc) is 3.04. The Morgan fingerprint density at radius 2 is 1.94 bits per heavy atom. The molecule has 1 aromatic carbocycles. The molecule has 1 N–H and O–H groups in total. The van der Waals surface area contributed by atoms with Crippen LogP contribution in [0.2, 0.25) is 0 Å². The number of rotatable bonds is 3. The largest absolute Gasteiger partial charge is 0.467 e. The van der Waals surface area contributed by atoms with Crippen molar-refractivity contribution < 1.29 is 9.47 Å². The molecule has 1 heterocycles. The fraction of sp³-hybridized carbons (Fsp3) is 0.417. The molecule has 0 aromatic heterocycles. The molecule has 0 radical (unpaired) electrons. The molecule has 2 atom stereocenters. The van der Waals surface area contributed by atoms with Crippen molar-refractivity contribution in [2.75, 3.05) is 6.61 Å². The average molecular weight is 309 g/mol. The van der Waals surface area contributed by atoms with E-state index in [1.165, 1.54) is 0 Å². The lowest BCUT2D eigenvalue weighted by molar-refractivity contribution is 0.0932. The van der Waals surface area contributed by atoms with Gasteiger partial charge in [0.25, 0.3) is 3.79 Å². The van der Waals surface area contributed by atoms with Gasteiger partial charge in [-0.2, -0.15) is 0 Å². The molecule has 1 aliphatic rings. The molecule has 1 saturated heterocycles. The van der Waals surface area contributed by atoms with Gasteiger partial charge in [0.15, 0.2) is 6.10 Å². The van der Waals surface area contributed by atoms with Gasteiger partial charge >= 0.3 is 0 Å². The number of epoxide rings is 1. The molecular weight excluding hydrogens is 296 g/mol. The summed E-state index contributed by atoms with van der Waals surface area (Å²) in [7, 11) is 0. The number of halogens is 3. The second kappa shape index (κ2) is 4.89. The third kappa shape index (κ3) is 3.09. The highest BCUT2D eigenvalue weighted by Gasteiger charge is 2.51. The van der Waals surface area contributed by atoms with E-state index in [4.69, 9.17) is 49.7 Å². The van der Waals surface area contributed by atoms with Gasteiger partial charge in [-0.3, -0.25) is 5.41 Å². The third-order valence-corrected chi connectivity index (χ3v) is 3.26. The van der Waals surface area contributed by atoms with E-state index in [0.29, 0.717) is 6.61 Å². The summed E-state index contributed by atoms with van der Waals surface area (Å²) >= 11 is 16.9. The van der Waals surface area contributed by atoms with E-state index in [1.54, 1.807) is 0 Å². The number of benzene rings is 1. The Balaban J connectivity index is 2.21.